The Kier molecular flexibility index (Phi) is 2.22. The summed E-state index contributed by atoms with van der Waals surface area (Å²) in [5.41, 5.74) is 1.84. The summed E-state index contributed by atoms with van der Waals surface area (Å²) < 4.78 is 7.67. The van der Waals surface area contributed by atoms with E-state index in [-0.39, 0.29) is 5.56 Å². The Labute approximate surface area is 112 Å². The zero-order chi connectivity index (χ0) is 12.8. The third-order valence-electron chi connectivity index (χ3n) is 3.20. The van der Waals surface area contributed by atoms with Gasteiger partial charge in [-0.25, -0.2) is 0 Å². The first kappa shape index (κ1) is 10.8. The maximum absolute atomic E-state index is 12.3. The first-order chi connectivity index (χ1) is 9.33. The molecule has 0 spiro atoms. The van der Waals surface area contributed by atoms with Crippen molar-refractivity contribution >= 4 is 21.6 Å². The standard InChI is InChI=1S/C14H10N2O2S/c17-13-12-10(15-14-16(13)6-7-18-14)8-11(19-12)9-4-2-1-3-5-9/h1-5,8H,6-7H2. The number of hydrogen-bond donors (Lipinski definition) is 0. The minimum atomic E-state index is 0.00433. The molecular formula is C14H10N2O2S. The lowest BCUT2D eigenvalue weighted by Gasteiger charge is -1.97. The monoisotopic (exact) mass is 270 g/mol. The summed E-state index contributed by atoms with van der Waals surface area (Å²) in [4.78, 5) is 17.8. The minimum Gasteiger partial charge on any atom is -0.463 e. The van der Waals surface area contributed by atoms with Crippen molar-refractivity contribution < 1.29 is 4.74 Å². The van der Waals surface area contributed by atoms with Crippen molar-refractivity contribution in [3.05, 3.63) is 46.8 Å². The Morgan fingerprint density at radius 1 is 1.26 bits per heavy atom. The highest BCUT2D eigenvalue weighted by Gasteiger charge is 2.19. The Hall–Kier alpha value is -2.14. The molecule has 2 aromatic heterocycles. The maximum Gasteiger partial charge on any atom is 0.299 e. The van der Waals surface area contributed by atoms with Crippen molar-refractivity contribution in [2.75, 3.05) is 6.61 Å². The molecule has 0 fully saturated rings. The quantitative estimate of drug-likeness (QED) is 0.682. The molecule has 1 aliphatic rings. The summed E-state index contributed by atoms with van der Waals surface area (Å²) in [7, 11) is 0. The van der Waals surface area contributed by atoms with E-state index in [0.717, 1.165) is 16.0 Å². The number of nitrogens with zero attached hydrogens (tertiary/aromatic N) is 2. The number of aromatic nitrogens is 2. The van der Waals surface area contributed by atoms with E-state index < -0.39 is 0 Å². The van der Waals surface area contributed by atoms with Gasteiger partial charge in [-0.1, -0.05) is 30.3 Å². The van der Waals surface area contributed by atoms with Gasteiger partial charge in [-0.3, -0.25) is 9.36 Å². The van der Waals surface area contributed by atoms with Crippen LogP contribution in [0.2, 0.25) is 0 Å². The molecular weight excluding hydrogens is 260 g/mol. The predicted molar refractivity (Wildman–Crippen MR) is 74.8 cm³/mol. The van der Waals surface area contributed by atoms with Crippen LogP contribution in [-0.2, 0) is 6.54 Å². The molecule has 0 atom stereocenters. The number of benzene rings is 1. The largest absolute Gasteiger partial charge is 0.463 e. The first-order valence-corrected chi connectivity index (χ1v) is 6.87. The lowest BCUT2D eigenvalue weighted by atomic mass is 10.2. The van der Waals surface area contributed by atoms with Gasteiger partial charge in [0.1, 0.15) is 11.3 Å². The Bertz CT molecular complexity index is 821. The van der Waals surface area contributed by atoms with E-state index in [2.05, 4.69) is 4.98 Å². The van der Waals surface area contributed by atoms with Gasteiger partial charge in [0.15, 0.2) is 0 Å². The van der Waals surface area contributed by atoms with Crippen LogP contribution in [0.3, 0.4) is 0 Å². The Morgan fingerprint density at radius 2 is 2.11 bits per heavy atom. The van der Waals surface area contributed by atoms with E-state index in [4.69, 9.17) is 4.74 Å². The molecule has 0 aliphatic carbocycles. The average molecular weight is 270 g/mol. The molecule has 0 saturated carbocycles. The second kappa shape index (κ2) is 3.93. The number of fused-ring (bicyclic) bond motifs is 2. The molecule has 1 aliphatic heterocycles. The van der Waals surface area contributed by atoms with Gasteiger partial charge in [-0.15, -0.1) is 11.3 Å². The van der Waals surface area contributed by atoms with Gasteiger partial charge in [-0.2, -0.15) is 4.98 Å². The van der Waals surface area contributed by atoms with Crippen molar-refractivity contribution in [2.45, 2.75) is 6.54 Å². The van der Waals surface area contributed by atoms with Gasteiger partial charge in [0.2, 0.25) is 0 Å². The van der Waals surface area contributed by atoms with Crippen LogP contribution in [0.5, 0.6) is 6.01 Å². The molecule has 0 radical (unpaired) electrons. The fourth-order valence-electron chi connectivity index (χ4n) is 2.27. The number of ether oxygens (including phenoxy) is 1. The fraction of sp³-hybridized carbons (Fsp3) is 0.143. The van der Waals surface area contributed by atoms with E-state index in [0.29, 0.717) is 23.9 Å². The first-order valence-electron chi connectivity index (χ1n) is 6.05. The second-order valence-corrected chi connectivity index (χ2v) is 5.44. The van der Waals surface area contributed by atoms with Crippen molar-refractivity contribution in [1.29, 1.82) is 0 Å². The molecule has 4 nitrogen and oxygen atoms in total. The van der Waals surface area contributed by atoms with Crippen LogP contribution in [0.25, 0.3) is 20.7 Å². The average Bonchev–Trinajstić information content (AvgIpc) is 3.06. The smallest absolute Gasteiger partial charge is 0.299 e. The molecule has 3 aromatic rings. The molecule has 0 N–H and O–H groups in total. The second-order valence-electron chi connectivity index (χ2n) is 4.39. The third-order valence-corrected chi connectivity index (χ3v) is 4.36. The van der Waals surface area contributed by atoms with Gasteiger partial charge in [0.05, 0.1) is 12.1 Å². The topological polar surface area (TPSA) is 44.1 Å². The molecule has 3 heterocycles. The zero-order valence-electron chi connectivity index (χ0n) is 10.00. The number of thiophene rings is 1. The maximum atomic E-state index is 12.3. The molecule has 94 valence electrons. The van der Waals surface area contributed by atoms with Crippen molar-refractivity contribution in [3.63, 3.8) is 0 Å². The highest BCUT2D eigenvalue weighted by Crippen LogP contribution is 2.32. The lowest BCUT2D eigenvalue weighted by molar-refractivity contribution is 0.345. The number of rotatable bonds is 1. The predicted octanol–water partition coefficient (Wildman–Crippen LogP) is 2.52. The van der Waals surface area contributed by atoms with Crippen LogP contribution in [0.1, 0.15) is 0 Å². The fourth-order valence-corrected chi connectivity index (χ4v) is 3.32. The van der Waals surface area contributed by atoms with Gasteiger partial charge in [0.25, 0.3) is 11.6 Å². The Morgan fingerprint density at radius 3 is 2.95 bits per heavy atom. The highest BCUT2D eigenvalue weighted by atomic mass is 32.1. The van der Waals surface area contributed by atoms with Crippen LogP contribution in [0.15, 0.2) is 41.2 Å². The summed E-state index contributed by atoms with van der Waals surface area (Å²) in [5, 5.41) is 0. The van der Waals surface area contributed by atoms with E-state index in [1.54, 1.807) is 4.57 Å². The van der Waals surface area contributed by atoms with Gasteiger partial charge < -0.3 is 4.74 Å². The molecule has 0 unspecified atom stereocenters. The van der Waals surface area contributed by atoms with Gasteiger partial charge >= 0.3 is 0 Å². The molecule has 0 bridgehead atoms. The summed E-state index contributed by atoms with van der Waals surface area (Å²) in [5.74, 6) is 0. The highest BCUT2D eigenvalue weighted by molar-refractivity contribution is 7.22. The van der Waals surface area contributed by atoms with Gasteiger partial charge in [0, 0.05) is 4.88 Å². The molecule has 5 heteroatoms. The normalized spacial score (nSPS) is 13.5. The van der Waals surface area contributed by atoms with Crippen molar-refractivity contribution in [2.24, 2.45) is 0 Å². The molecule has 1 aromatic carbocycles. The Balaban J connectivity index is 1.99. The summed E-state index contributed by atoms with van der Waals surface area (Å²) >= 11 is 1.49. The van der Waals surface area contributed by atoms with E-state index in [1.165, 1.54) is 11.3 Å². The molecule has 19 heavy (non-hydrogen) atoms. The molecule has 0 saturated heterocycles. The zero-order valence-corrected chi connectivity index (χ0v) is 10.8. The van der Waals surface area contributed by atoms with Crippen LogP contribution < -0.4 is 10.3 Å². The summed E-state index contributed by atoms with van der Waals surface area (Å²) in [6.07, 6.45) is 0. The third kappa shape index (κ3) is 1.58. The minimum absolute atomic E-state index is 0.00433. The van der Waals surface area contributed by atoms with Gasteiger partial charge in [-0.05, 0) is 11.6 Å². The SMILES string of the molecule is O=c1c2sc(-c3ccccc3)cc2nc2n1CCO2. The van der Waals surface area contributed by atoms with Crippen LogP contribution in [-0.4, -0.2) is 16.2 Å². The van der Waals surface area contributed by atoms with Crippen LogP contribution >= 0.6 is 11.3 Å². The van der Waals surface area contributed by atoms with Crippen molar-refractivity contribution in [1.82, 2.24) is 9.55 Å². The molecule has 4 rings (SSSR count). The summed E-state index contributed by atoms with van der Waals surface area (Å²) in [6.45, 7) is 1.13. The van der Waals surface area contributed by atoms with E-state index in [1.807, 2.05) is 36.4 Å². The van der Waals surface area contributed by atoms with E-state index in [9.17, 15) is 4.79 Å². The summed E-state index contributed by atoms with van der Waals surface area (Å²) in [6, 6.07) is 12.4. The van der Waals surface area contributed by atoms with Crippen LogP contribution in [0, 0.1) is 0 Å². The number of hydrogen-bond acceptors (Lipinski definition) is 4. The lowest BCUT2D eigenvalue weighted by Crippen LogP contribution is -2.17. The van der Waals surface area contributed by atoms with E-state index >= 15 is 0 Å². The molecule has 0 amide bonds. The van der Waals surface area contributed by atoms with Crippen LogP contribution in [0.4, 0.5) is 0 Å². The van der Waals surface area contributed by atoms with Crippen molar-refractivity contribution in [3.8, 4) is 16.5 Å².